The Morgan fingerprint density at radius 2 is 2.00 bits per heavy atom. The highest BCUT2D eigenvalue weighted by Gasteiger charge is 2.42. The maximum atomic E-state index is 10.7. The van der Waals surface area contributed by atoms with Gasteiger partial charge in [-0.1, -0.05) is 52.4 Å². The van der Waals surface area contributed by atoms with Crippen molar-refractivity contribution in [2.24, 2.45) is 5.92 Å². The summed E-state index contributed by atoms with van der Waals surface area (Å²) in [5.41, 5.74) is 0.0455. The molecule has 0 heterocycles. The Balaban J connectivity index is 2.54. The maximum absolute atomic E-state index is 10.7. The van der Waals surface area contributed by atoms with Crippen LogP contribution in [0.3, 0.4) is 0 Å². The topological polar surface area (TPSA) is 23.5 Å². The van der Waals surface area contributed by atoms with Gasteiger partial charge in [-0.25, -0.2) is 0 Å². The standard InChI is InChI=1S/C16H33NO/c1-5-6-7-8-11-15(18)16(17(3)4)12-9-10-14(2)13-16/h14-15,18H,5-13H2,1-4H3. The molecular formula is C16H33NO. The molecule has 18 heavy (non-hydrogen) atoms. The van der Waals surface area contributed by atoms with Crippen molar-refractivity contribution in [3.8, 4) is 0 Å². The lowest BCUT2D eigenvalue weighted by Gasteiger charge is -2.48. The molecular weight excluding hydrogens is 222 g/mol. The van der Waals surface area contributed by atoms with E-state index in [4.69, 9.17) is 0 Å². The van der Waals surface area contributed by atoms with Gasteiger partial charge in [-0.2, -0.15) is 0 Å². The molecule has 0 aromatic carbocycles. The van der Waals surface area contributed by atoms with E-state index in [0.29, 0.717) is 0 Å². The summed E-state index contributed by atoms with van der Waals surface area (Å²) < 4.78 is 0. The van der Waals surface area contributed by atoms with Crippen molar-refractivity contribution in [2.45, 2.75) is 83.3 Å². The Kier molecular flexibility index (Phi) is 6.65. The predicted molar refractivity (Wildman–Crippen MR) is 78.8 cm³/mol. The van der Waals surface area contributed by atoms with E-state index in [0.717, 1.165) is 18.8 Å². The number of hydrogen-bond acceptors (Lipinski definition) is 2. The average molecular weight is 255 g/mol. The van der Waals surface area contributed by atoms with E-state index in [2.05, 4.69) is 32.8 Å². The number of likely N-dealkylation sites (N-methyl/N-ethyl adjacent to an activating group) is 1. The summed E-state index contributed by atoms with van der Waals surface area (Å²) in [6, 6.07) is 0. The molecule has 0 amide bonds. The zero-order chi connectivity index (χ0) is 13.6. The van der Waals surface area contributed by atoms with Crippen LogP contribution in [0.5, 0.6) is 0 Å². The van der Waals surface area contributed by atoms with Crippen LogP contribution < -0.4 is 0 Å². The molecule has 0 bridgehead atoms. The van der Waals surface area contributed by atoms with Crippen LogP contribution in [0.15, 0.2) is 0 Å². The SMILES string of the molecule is CCCCCCC(O)C1(N(C)C)CCCC(C)C1. The quantitative estimate of drug-likeness (QED) is 0.699. The van der Waals surface area contributed by atoms with Crippen molar-refractivity contribution in [1.29, 1.82) is 0 Å². The number of aliphatic hydroxyl groups excluding tert-OH is 1. The minimum absolute atomic E-state index is 0.0455. The second-order valence-electron chi connectivity index (χ2n) is 6.56. The third-order valence-electron chi connectivity index (χ3n) is 4.85. The molecule has 1 saturated carbocycles. The number of aliphatic hydroxyl groups is 1. The zero-order valence-corrected chi connectivity index (χ0v) is 12.9. The predicted octanol–water partition coefficient (Wildman–Crippen LogP) is 3.83. The Labute approximate surface area is 114 Å². The van der Waals surface area contributed by atoms with Crippen LogP contribution in [0, 0.1) is 5.92 Å². The second-order valence-corrected chi connectivity index (χ2v) is 6.56. The van der Waals surface area contributed by atoms with Gasteiger partial charge in [0, 0.05) is 5.54 Å². The minimum Gasteiger partial charge on any atom is -0.391 e. The Bertz CT molecular complexity index is 229. The van der Waals surface area contributed by atoms with E-state index in [1.165, 1.54) is 44.9 Å². The van der Waals surface area contributed by atoms with Gasteiger partial charge in [0.2, 0.25) is 0 Å². The third-order valence-corrected chi connectivity index (χ3v) is 4.85. The van der Waals surface area contributed by atoms with Gasteiger partial charge >= 0.3 is 0 Å². The number of rotatable bonds is 7. The van der Waals surface area contributed by atoms with Gasteiger partial charge in [-0.05, 0) is 39.3 Å². The maximum Gasteiger partial charge on any atom is 0.0723 e. The summed E-state index contributed by atoms with van der Waals surface area (Å²) in [6.07, 6.45) is 10.8. The van der Waals surface area contributed by atoms with Crippen LogP contribution >= 0.6 is 0 Å². The van der Waals surface area contributed by atoms with Gasteiger partial charge < -0.3 is 10.0 Å². The fourth-order valence-corrected chi connectivity index (χ4v) is 3.60. The Morgan fingerprint density at radius 3 is 2.56 bits per heavy atom. The van der Waals surface area contributed by atoms with Crippen molar-refractivity contribution in [3.63, 3.8) is 0 Å². The van der Waals surface area contributed by atoms with Crippen molar-refractivity contribution in [2.75, 3.05) is 14.1 Å². The Morgan fingerprint density at radius 1 is 1.28 bits per heavy atom. The van der Waals surface area contributed by atoms with Gasteiger partial charge in [-0.3, -0.25) is 0 Å². The van der Waals surface area contributed by atoms with E-state index < -0.39 is 0 Å². The molecule has 0 aromatic heterocycles. The lowest BCUT2D eigenvalue weighted by Crippen LogP contribution is -2.56. The van der Waals surface area contributed by atoms with E-state index >= 15 is 0 Å². The summed E-state index contributed by atoms with van der Waals surface area (Å²) >= 11 is 0. The van der Waals surface area contributed by atoms with Gasteiger partial charge in [0.25, 0.3) is 0 Å². The van der Waals surface area contributed by atoms with E-state index in [-0.39, 0.29) is 11.6 Å². The van der Waals surface area contributed by atoms with Crippen LogP contribution in [-0.2, 0) is 0 Å². The first-order valence-corrected chi connectivity index (χ1v) is 7.88. The van der Waals surface area contributed by atoms with Crippen LogP contribution in [0.1, 0.15) is 71.6 Å². The first kappa shape index (κ1) is 16.0. The molecule has 2 nitrogen and oxygen atoms in total. The lowest BCUT2D eigenvalue weighted by atomic mass is 9.71. The summed E-state index contributed by atoms with van der Waals surface area (Å²) in [7, 11) is 4.29. The first-order valence-electron chi connectivity index (χ1n) is 7.88. The average Bonchev–Trinajstić information content (AvgIpc) is 2.34. The third kappa shape index (κ3) is 3.96. The van der Waals surface area contributed by atoms with Crippen LogP contribution in [0.25, 0.3) is 0 Å². The van der Waals surface area contributed by atoms with Crippen LogP contribution in [-0.4, -0.2) is 35.7 Å². The molecule has 0 spiro atoms. The Hall–Kier alpha value is -0.0800. The number of unbranched alkanes of at least 4 members (excludes halogenated alkanes) is 3. The molecule has 2 heteroatoms. The molecule has 3 atom stereocenters. The largest absolute Gasteiger partial charge is 0.391 e. The zero-order valence-electron chi connectivity index (χ0n) is 12.9. The molecule has 1 fully saturated rings. The van der Waals surface area contributed by atoms with Gasteiger partial charge in [0.05, 0.1) is 6.10 Å². The van der Waals surface area contributed by atoms with Crippen LogP contribution in [0.4, 0.5) is 0 Å². The number of nitrogens with zero attached hydrogens (tertiary/aromatic N) is 1. The summed E-state index contributed by atoms with van der Waals surface area (Å²) in [5.74, 6) is 0.756. The highest BCUT2D eigenvalue weighted by molar-refractivity contribution is 4.98. The fourth-order valence-electron chi connectivity index (χ4n) is 3.60. The van der Waals surface area contributed by atoms with Crippen LogP contribution in [0.2, 0.25) is 0 Å². The molecule has 1 aliphatic rings. The molecule has 0 radical (unpaired) electrons. The van der Waals surface area contributed by atoms with E-state index in [1.807, 2.05) is 0 Å². The van der Waals surface area contributed by atoms with E-state index in [9.17, 15) is 5.11 Å². The van der Waals surface area contributed by atoms with Crippen molar-refractivity contribution in [3.05, 3.63) is 0 Å². The summed E-state index contributed by atoms with van der Waals surface area (Å²) in [5, 5.41) is 10.7. The van der Waals surface area contributed by atoms with Gasteiger partial charge in [-0.15, -0.1) is 0 Å². The highest BCUT2D eigenvalue weighted by atomic mass is 16.3. The molecule has 1 rings (SSSR count). The molecule has 3 unspecified atom stereocenters. The summed E-state index contributed by atoms with van der Waals surface area (Å²) in [4.78, 5) is 2.30. The number of hydrogen-bond donors (Lipinski definition) is 1. The van der Waals surface area contributed by atoms with Crippen molar-refractivity contribution in [1.82, 2.24) is 4.90 Å². The highest BCUT2D eigenvalue weighted by Crippen LogP contribution is 2.39. The lowest BCUT2D eigenvalue weighted by molar-refractivity contribution is -0.0476. The molecule has 0 aliphatic heterocycles. The monoisotopic (exact) mass is 255 g/mol. The normalized spacial score (nSPS) is 30.7. The van der Waals surface area contributed by atoms with E-state index in [1.54, 1.807) is 0 Å². The molecule has 0 saturated heterocycles. The molecule has 0 aromatic rings. The molecule has 108 valence electrons. The minimum atomic E-state index is -0.146. The van der Waals surface area contributed by atoms with Gasteiger partial charge in [0.1, 0.15) is 0 Å². The van der Waals surface area contributed by atoms with Gasteiger partial charge in [0.15, 0.2) is 0 Å². The smallest absolute Gasteiger partial charge is 0.0723 e. The molecule has 1 aliphatic carbocycles. The summed E-state index contributed by atoms with van der Waals surface area (Å²) in [6.45, 7) is 4.57. The second kappa shape index (κ2) is 7.49. The molecule has 1 N–H and O–H groups in total. The van der Waals surface area contributed by atoms with Crippen molar-refractivity contribution < 1.29 is 5.11 Å². The first-order chi connectivity index (χ1) is 8.53. The fraction of sp³-hybridized carbons (Fsp3) is 1.00. The van der Waals surface area contributed by atoms with Crippen molar-refractivity contribution >= 4 is 0 Å².